The van der Waals surface area contributed by atoms with E-state index in [0.717, 1.165) is 29.2 Å². The Morgan fingerprint density at radius 3 is 2.68 bits per heavy atom. The SMILES string of the molecule is CCCCCNc1ccc(-c2cccc(N)c2)cn1. The highest BCUT2D eigenvalue weighted by atomic mass is 15.0. The fourth-order valence-electron chi connectivity index (χ4n) is 1.98. The molecule has 19 heavy (non-hydrogen) atoms. The van der Waals surface area contributed by atoms with Crippen molar-refractivity contribution in [2.45, 2.75) is 26.2 Å². The highest BCUT2D eigenvalue weighted by Crippen LogP contribution is 2.21. The van der Waals surface area contributed by atoms with Crippen molar-refractivity contribution in [1.82, 2.24) is 4.98 Å². The quantitative estimate of drug-likeness (QED) is 0.607. The van der Waals surface area contributed by atoms with Crippen LogP contribution in [0.2, 0.25) is 0 Å². The lowest BCUT2D eigenvalue weighted by atomic mass is 10.1. The number of pyridine rings is 1. The first kappa shape index (κ1) is 13.4. The molecule has 1 aromatic carbocycles. The Bertz CT molecular complexity index is 506. The highest BCUT2D eigenvalue weighted by molar-refractivity contribution is 5.67. The molecule has 0 saturated heterocycles. The van der Waals surface area contributed by atoms with Crippen molar-refractivity contribution < 1.29 is 0 Å². The summed E-state index contributed by atoms with van der Waals surface area (Å²) in [6, 6.07) is 11.9. The molecule has 3 nitrogen and oxygen atoms in total. The monoisotopic (exact) mass is 255 g/mol. The van der Waals surface area contributed by atoms with Crippen molar-refractivity contribution in [3.8, 4) is 11.1 Å². The summed E-state index contributed by atoms with van der Waals surface area (Å²) in [5, 5.41) is 3.33. The van der Waals surface area contributed by atoms with E-state index in [1.807, 2.05) is 36.5 Å². The zero-order valence-corrected chi connectivity index (χ0v) is 11.4. The van der Waals surface area contributed by atoms with E-state index >= 15 is 0 Å². The van der Waals surface area contributed by atoms with Crippen LogP contribution in [0.25, 0.3) is 11.1 Å². The third kappa shape index (κ3) is 3.98. The van der Waals surface area contributed by atoms with Gasteiger partial charge in [0.05, 0.1) is 0 Å². The Hall–Kier alpha value is -2.03. The predicted octanol–water partition coefficient (Wildman–Crippen LogP) is 3.93. The van der Waals surface area contributed by atoms with Crippen LogP contribution in [0, 0.1) is 0 Å². The van der Waals surface area contributed by atoms with Gasteiger partial charge < -0.3 is 11.1 Å². The molecule has 0 atom stereocenters. The van der Waals surface area contributed by atoms with Crippen molar-refractivity contribution in [2.24, 2.45) is 0 Å². The summed E-state index contributed by atoms with van der Waals surface area (Å²) in [6.45, 7) is 3.19. The third-order valence-corrected chi connectivity index (χ3v) is 3.07. The lowest BCUT2D eigenvalue weighted by Gasteiger charge is -2.07. The molecular formula is C16H21N3. The lowest BCUT2D eigenvalue weighted by Crippen LogP contribution is -2.02. The Morgan fingerprint density at radius 1 is 1.11 bits per heavy atom. The number of unbranched alkanes of at least 4 members (excludes halogenated alkanes) is 2. The van der Waals surface area contributed by atoms with Gasteiger partial charge in [0.1, 0.15) is 5.82 Å². The van der Waals surface area contributed by atoms with Gasteiger partial charge in [-0.05, 0) is 36.2 Å². The normalized spacial score (nSPS) is 10.4. The van der Waals surface area contributed by atoms with Crippen LogP contribution < -0.4 is 11.1 Å². The number of hydrogen-bond donors (Lipinski definition) is 2. The molecule has 3 heteroatoms. The van der Waals surface area contributed by atoms with E-state index < -0.39 is 0 Å². The third-order valence-electron chi connectivity index (χ3n) is 3.07. The second-order valence-electron chi connectivity index (χ2n) is 4.69. The maximum Gasteiger partial charge on any atom is 0.125 e. The van der Waals surface area contributed by atoms with Gasteiger partial charge in [0.15, 0.2) is 0 Å². The molecule has 2 aromatic rings. The first-order chi connectivity index (χ1) is 9.29. The van der Waals surface area contributed by atoms with Crippen LogP contribution in [0.1, 0.15) is 26.2 Å². The van der Waals surface area contributed by atoms with E-state index in [0.29, 0.717) is 0 Å². The molecular weight excluding hydrogens is 234 g/mol. The van der Waals surface area contributed by atoms with Gasteiger partial charge in [-0.1, -0.05) is 31.9 Å². The largest absolute Gasteiger partial charge is 0.399 e. The molecule has 0 unspecified atom stereocenters. The molecule has 0 spiro atoms. The molecule has 1 heterocycles. The van der Waals surface area contributed by atoms with E-state index in [-0.39, 0.29) is 0 Å². The Balaban J connectivity index is 1.98. The van der Waals surface area contributed by atoms with Crippen molar-refractivity contribution in [3.63, 3.8) is 0 Å². The van der Waals surface area contributed by atoms with Crippen molar-refractivity contribution in [3.05, 3.63) is 42.6 Å². The minimum Gasteiger partial charge on any atom is -0.399 e. The Labute approximate surface area is 114 Å². The van der Waals surface area contributed by atoms with Crippen molar-refractivity contribution >= 4 is 11.5 Å². The van der Waals surface area contributed by atoms with Gasteiger partial charge in [-0.25, -0.2) is 4.98 Å². The first-order valence-electron chi connectivity index (χ1n) is 6.85. The second-order valence-corrected chi connectivity index (χ2v) is 4.69. The molecule has 0 saturated carbocycles. The molecule has 2 rings (SSSR count). The summed E-state index contributed by atoms with van der Waals surface area (Å²) in [6.07, 6.45) is 5.57. The summed E-state index contributed by atoms with van der Waals surface area (Å²) < 4.78 is 0. The minimum atomic E-state index is 0.777. The number of anilines is 2. The van der Waals surface area contributed by atoms with Gasteiger partial charge in [-0.2, -0.15) is 0 Å². The Kier molecular flexibility index (Phi) is 4.78. The molecule has 0 bridgehead atoms. The summed E-state index contributed by atoms with van der Waals surface area (Å²) >= 11 is 0. The maximum atomic E-state index is 5.79. The van der Waals surface area contributed by atoms with E-state index in [2.05, 4.69) is 23.3 Å². The van der Waals surface area contributed by atoms with E-state index in [1.165, 1.54) is 19.3 Å². The zero-order chi connectivity index (χ0) is 13.5. The average molecular weight is 255 g/mol. The summed E-state index contributed by atoms with van der Waals surface area (Å²) in [5.41, 5.74) is 8.76. The van der Waals surface area contributed by atoms with Crippen LogP contribution in [0.15, 0.2) is 42.6 Å². The van der Waals surface area contributed by atoms with Crippen molar-refractivity contribution in [1.29, 1.82) is 0 Å². The standard InChI is InChI=1S/C16H21N3/c1-2-3-4-10-18-16-9-8-14(12-19-16)13-6-5-7-15(17)11-13/h5-9,11-12H,2-4,10,17H2,1H3,(H,18,19). The highest BCUT2D eigenvalue weighted by Gasteiger charge is 1.99. The van der Waals surface area contributed by atoms with Crippen LogP contribution in [0.3, 0.4) is 0 Å². The number of benzene rings is 1. The second kappa shape index (κ2) is 6.78. The molecule has 1 aromatic heterocycles. The summed E-state index contributed by atoms with van der Waals surface area (Å²) in [4.78, 5) is 4.43. The van der Waals surface area contributed by atoms with E-state index in [4.69, 9.17) is 5.73 Å². The van der Waals surface area contributed by atoms with Crippen LogP contribution in [-0.2, 0) is 0 Å². The number of hydrogen-bond acceptors (Lipinski definition) is 3. The van der Waals surface area contributed by atoms with E-state index in [1.54, 1.807) is 0 Å². The van der Waals surface area contributed by atoms with Crippen LogP contribution >= 0.6 is 0 Å². The predicted molar refractivity (Wildman–Crippen MR) is 82.1 cm³/mol. The van der Waals surface area contributed by atoms with Crippen LogP contribution in [-0.4, -0.2) is 11.5 Å². The molecule has 3 N–H and O–H groups in total. The minimum absolute atomic E-state index is 0.777. The fraction of sp³-hybridized carbons (Fsp3) is 0.312. The van der Waals surface area contributed by atoms with Crippen LogP contribution in [0.5, 0.6) is 0 Å². The Morgan fingerprint density at radius 2 is 2.00 bits per heavy atom. The topological polar surface area (TPSA) is 50.9 Å². The number of rotatable bonds is 6. The number of nitrogens with zero attached hydrogens (tertiary/aromatic N) is 1. The molecule has 0 aliphatic heterocycles. The number of nitrogens with two attached hydrogens (primary N) is 1. The summed E-state index contributed by atoms with van der Waals surface area (Å²) in [5.74, 6) is 0.934. The molecule has 0 aliphatic rings. The summed E-state index contributed by atoms with van der Waals surface area (Å²) in [7, 11) is 0. The van der Waals surface area contributed by atoms with Gasteiger partial charge in [0, 0.05) is 24.0 Å². The smallest absolute Gasteiger partial charge is 0.125 e. The zero-order valence-electron chi connectivity index (χ0n) is 11.4. The van der Waals surface area contributed by atoms with Gasteiger partial charge in [-0.3, -0.25) is 0 Å². The average Bonchev–Trinajstić information content (AvgIpc) is 2.44. The van der Waals surface area contributed by atoms with Gasteiger partial charge in [0.2, 0.25) is 0 Å². The van der Waals surface area contributed by atoms with Gasteiger partial charge in [0.25, 0.3) is 0 Å². The maximum absolute atomic E-state index is 5.79. The first-order valence-corrected chi connectivity index (χ1v) is 6.85. The van der Waals surface area contributed by atoms with Gasteiger partial charge >= 0.3 is 0 Å². The van der Waals surface area contributed by atoms with Crippen molar-refractivity contribution in [2.75, 3.05) is 17.6 Å². The van der Waals surface area contributed by atoms with Crippen LogP contribution in [0.4, 0.5) is 11.5 Å². The molecule has 0 amide bonds. The number of nitrogens with one attached hydrogen (secondary N) is 1. The van der Waals surface area contributed by atoms with E-state index in [9.17, 15) is 0 Å². The molecule has 0 aliphatic carbocycles. The number of aromatic nitrogens is 1. The molecule has 100 valence electrons. The lowest BCUT2D eigenvalue weighted by molar-refractivity contribution is 0.742. The number of nitrogen functional groups attached to an aromatic ring is 1. The van der Waals surface area contributed by atoms with Gasteiger partial charge in [-0.15, -0.1) is 0 Å². The molecule has 0 fully saturated rings. The fourth-order valence-corrected chi connectivity index (χ4v) is 1.98. The molecule has 0 radical (unpaired) electrons.